The van der Waals surface area contributed by atoms with Gasteiger partial charge in [-0.1, -0.05) is 30.3 Å². The van der Waals surface area contributed by atoms with Gasteiger partial charge in [0.1, 0.15) is 11.6 Å². The number of carboxylic acids is 1. The fourth-order valence-corrected chi connectivity index (χ4v) is 2.83. The van der Waals surface area contributed by atoms with Gasteiger partial charge in [-0.25, -0.2) is 9.78 Å². The molecule has 1 aromatic carbocycles. The van der Waals surface area contributed by atoms with Gasteiger partial charge in [-0.2, -0.15) is 0 Å². The topological polar surface area (TPSA) is 116 Å². The second-order valence-electron chi connectivity index (χ2n) is 7.95. The molecule has 1 heterocycles. The molecule has 0 saturated heterocycles. The maximum Gasteiger partial charge on any atom is 0.407 e. The van der Waals surface area contributed by atoms with E-state index in [9.17, 15) is 14.7 Å². The highest BCUT2D eigenvalue weighted by Gasteiger charge is 2.23. The average Bonchev–Trinajstić information content (AvgIpc) is 3.15. The summed E-state index contributed by atoms with van der Waals surface area (Å²) in [6.07, 6.45) is 4.27. The number of amides is 1. The average molecular weight is 402 g/mol. The number of aliphatic carboxylic acids is 1. The van der Waals surface area contributed by atoms with Gasteiger partial charge in [0.2, 0.25) is 0 Å². The lowest BCUT2D eigenvalue weighted by atomic mass is 10.0. The summed E-state index contributed by atoms with van der Waals surface area (Å²) in [6, 6.07) is 8.86. The Kier molecular flexibility index (Phi) is 8.21. The summed E-state index contributed by atoms with van der Waals surface area (Å²) < 4.78 is 5.35. The minimum atomic E-state index is -0.960. The van der Waals surface area contributed by atoms with E-state index in [1.807, 2.05) is 30.3 Å². The molecule has 158 valence electrons. The highest BCUT2D eigenvalue weighted by molar-refractivity contribution is 5.73. The number of carbonyl (C=O) groups excluding carboxylic acids is 1. The van der Waals surface area contributed by atoms with Crippen molar-refractivity contribution >= 4 is 12.1 Å². The Morgan fingerprint density at radius 3 is 2.55 bits per heavy atom. The van der Waals surface area contributed by atoms with E-state index in [-0.39, 0.29) is 12.5 Å². The molecule has 1 aromatic heterocycles. The summed E-state index contributed by atoms with van der Waals surface area (Å²) in [4.78, 5) is 30.7. The summed E-state index contributed by atoms with van der Waals surface area (Å²) in [5.74, 6) is -0.960. The number of hydrogen-bond donors (Lipinski definition) is 4. The molecule has 0 bridgehead atoms. The third-order valence-electron chi connectivity index (χ3n) is 4.23. The molecule has 1 amide bonds. The number of alkyl carbamates (subject to hydrolysis) is 1. The zero-order chi connectivity index (χ0) is 21.3. The number of aromatic amines is 1. The second-order valence-corrected chi connectivity index (χ2v) is 7.95. The number of rotatable bonds is 10. The maximum atomic E-state index is 12.2. The van der Waals surface area contributed by atoms with Crippen LogP contribution >= 0.6 is 0 Å². The van der Waals surface area contributed by atoms with Gasteiger partial charge in [-0.15, -0.1) is 0 Å². The molecule has 2 aromatic rings. The lowest BCUT2D eigenvalue weighted by Crippen LogP contribution is -2.49. The van der Waals surface area contributed by atoms with Crippen LogP contribution in [0.15, 0.2) is 42.9 Å². The number of H-pyrrole nitrogens is 1. The van der Waals surface area contributed by atoms with Crippen molar-refractivity contribution in [2.24, 2.45) is 0 Å². The molecule has 0 aliphatic rings. The zero-order valence-electron chi connectivity index (χ0n) is 17.1. The van der Waals surface area contributed by atoms with Crippen molar-refractivity contribution in [1.82, 2.24) is 20.6 Å². The van der Waals surface area contributed by atoms with E-state index < -0.39 is 23.7 Å². The largest absolute Gasteiger partial charge is 0.480 e. The molecule has 2 rings (SSSR count). The fourth-order valence-electron chi connectivity index (χ4n) is 2.83. The monoisotopic (exact) mass is 402 g/mol. The number of hydrogen-bond acceptors (Lipinski definition) is 5. The Hall–Kier alpha value is -2.87. The zero-order valence-corrected chi connectivity index (χ0v) is 17.1. The first-order chi connectivity index (χ1) is 13.7. The minimum absolute atomic E-state index is 0.271. The van der Waals surface area contributed by atoms with Crippen LogP contribution in [0.3, 0.4) is 0 Å². The molecular weight excluding hydrogens is 372 g/mol. The molecule has 4 N–H and O–H groups in total. The van der Waals surface area contributed by atoms with E-state index in [2.05, 4.69) is 20.6 Å². The van der Waals surface area contributed by atoms with Crippen LogP contribution in [0.2, 0.25) is 0 Å². The Bertz CT molecular complexity index is 757. The number of nitrogens with zero attached hydrogens (tertiary/aromatic N) is 1. The van der Waals surface area contributed by atoms with Gasteiger partial charge in [-0.3, -0.25) is 4.79 Å². The van der Waals surface area contributed by atoms with Gasteiger partial charge in [0.15, 0.2) is 0 Å². The van der Waals surface area contributed by atoms with Crippen molar-refractivity contribution < 1.29 is 19.4 Å². The second kappa shape index (κ2) is 10.6. The summed E-state index contributed by atoms with van der Waals surface area (Å²) in [6.45, 7) is 5.70. The van der Waals surface area contributed by atoms with Crippen molar-refractivity contribution in [3.63, 3.8) is 0 Å². The number of carbonyl (C=O) groups is 2. The predicted octanol–water partition coefficient (Wildman–Crippen LogP) is 2.52. The standard InChI is InChI=1S/C21H30N4O4/c1-21(2,3)29-20(28)25-16(10-9-15-7-5-4-6-8-15)13-23-18(19(26)27)11-17-12-22-14-24-17/h4-8,12,14,16,18,23H,9-11,13H2,1-3H3,(H,22,24)(H,25,28)(H,26,27)/t16?,18-/m0/s1. The normalized spacial score (nSPS) is 13.5. The van der Waals surface area contributed by atoms with Crippen LogP contribution in [0.4, 0.5) is 4.79 Å². The Labute approximate surface area is 171 Å². The van der Waals surface area contributed by atoms with Crippen molar-refractivity contribution in [2.45, 2.75) is 57.7 Å². The number of carboxylic acid groups (broad SMARTS) is 1. The molecule has 0 saturated carbocycles. The minimum Gasteiger partial charge on any atom is -0.480 e. The Morgan fingerprint density at radius 2 is 1.97 bits per heavy atom. The van der Waals surface area contributed by atoms with Gasteiger partial charge >= 0.3 is 12.1 Å². The lowest BCUT2D eigenvalue weighted by molar-refractivity contribution is -0.139. The molecule has 2 atom stereocenters. The number of imidazole rings is 1. The van der Waals surface area contributed by atoms with Crippen LogP contribution in [-0.2, 0) is 22.4 Å². The molecule has 0 aliphatic carbocycles. The van der Waals surface area contributed by atoms with Gasteiger partial charge in [-0.05, 0) is 39.2 Å². The Morgan fingerprint density at radius 1 is 1.24 bits per heavy atom. The van der Waals surface area contributed by atoms with Crippen LogP contribution in [-0.4, -0.2) is 51.4 Å². The van der Waals surface area contributed by atoms with Crippen molar-refractivity contribution in [1.29, 1.82) is 0 Å². The van der Waals surface area contributed by atoms with Gasteiger partial charge in [0.05, 0.1) is 6.33 Å². The van der Waals surface area contributed by atoms with E-state index in [1.54, 1.807) is 27.0 Å². The summed E-state index contributed by atoms with van der Waals surface area (Å²) in [5.41, 5.74) is 1.27. The third kappa shape index (κ3) is 8.78. The van der Waals surface area contributed by atoms with E-state index in [0.29, 0.717) is 13.0 Å². The molecule has 0 spiro atoms. The highest BCUT2D eigenvalue weighted by atomic mass is 16.6. The number of nitrogens with one attached hydrogen (secondary N) is 3. The number of ether oxygens (including phenoxy) is 1. The first-order valence-corrected chi connectivity index (χ1v) is 9.70. The molecule has 0 radical (unpaired) electrons. The van der Waals surface area contributed by atoms with Crippen molar-refractivity contribution in [3.05, 3.63) is 54.1 Å². The summed E-state index contributed by atoms with van der Waals surface area (Å²) >= 11 is 0. The van der Waals surface area contributed by atoms with Gasteiger partial charge < -0.3 is 25.5 Å². The Balaban J connectivity index is 1.98. The first-order valence-electron chi connectivity index (χ1n) is 9.70. The van der Waals surface area contributed by atoms with Gasteiger partial charge in [0.25, 0.3) is 0 Å². The van der Waals surface area contributed by atoms with Crippen LogP contribution in [0.25, 0.3) is 0 Å². The molecule has 29 heavy (non-hydrogen) atoms. The fraction of sp³-hybridized carbons (Fsp3) is 0.476. The number of benzene rings is 1. The van der Waals surface area contributed by atoms with Crippen LogP contribution in [0, 0.1) is 0 Å². The van der Waals surface area contributed by atoms with E-state index in [1.165, 1.54) is 6.33 Å². The summed E-state index contributed by atoms with van der Waals surface area (Å²) in [7, 11) is 0. The predicted molar refractivity (Wildman–Crippen MR) is 110 cm³/mol. The van der Waals surface area contributed by atoms with E-state index in [4.69, 9.17) is 4.74 Å². The number of aryl methyl sites for hydroxylation is 1. The maximum absolute atomic E-state index is 12.2. The number of aromatic nitrogens is 2. The highest BCUT2D eigenvalue weighted by Crippen LogP contribution is 2.09. The molecule has 8 heteroatoms. The third-order valence-corrected chi connectivity index (χ3v) is 4.23. The van der Waals surface area contributed by atoms with Gasteiger partial charge in [0, 0.05) is 30.9 Å². The van der Waals surface area contributed by atoms with Crippen LogP contribution in [0.1, 0.15) is 38.4 Å². The van der Waals surface area contributed by atoms with Crippen molar-refractivity contribution in [2.75, 3.05) is 6.54 Å². The quantitative estimate of drug-likeness (QED) is 0.485. The lowest BCUT2D eigenvalue weighted by Gasteiger charge is -2.25. The molecule has 0 fully saturated rings. The SMILES string of the molecule is CC(C)(C)OC(=O)NC(CCc1ccccc1)CN[C@@H](Cc1cnc[nH]1)C(=O)O. The molecule has 1 unspecified atom stereocenters. The van der Waals surface area contributed by atoms with E-state index in [0.717, 1.165) is 17.7 Å². The molecule has 8 nitrogen and oxygen atoms in total. The molecule has 0 aliphatic heterocycles. The smallest absolute Gasteiger partial charge is 0.407 e. The van der Waals surface area contributed by atoms with E-state index >= 15 is 0 Å². The van der Waals surface area contributed by atoms with Crippen molar-refractivity contribution in [3.8, 4) is 0 Å². The van der Waals surface area contributed by atoms with Crippen LogP contribution in [0.5, 0.6) is 0 Å². The molecular formula is C21H30N4O4. The summed E-state index contributed by atoms with van der Waals surface area (Å²) in [5, 5.41) is 15.4. The first kappa shape index (κ1) is 22.4. The van der Waals surface area contributed by atoms with Crippen LogP contribution < -0.4 is 10.6 Å².